The number of hydrogen-bond donors (Lipinski definition) is 1. The Kier molecular flexibility index (Phi) is 4.19. The molecule has 0 saturated carbocycles. The first-order valence-electron chi connectivity index (χ1n) is 9.85. The predicted octanol–water partition coefficient (Wildman–Crippen LogP) is 3.76. The molecule has 4 aromatic rings. The minimum atomic E-state index is -0.0774. The van der Waals surface area contributed by atoms with Gasteiger partial charge in [-0.25, -0.2) is 4.98 Å². The van der Waals surface area contributed by atoms with Crippen molar-refractivity contribution in [3.8, 4) is 16.9 Å². The van der Waals surface area contributed by atoms with Gasteiger partial charge in [-0.3, -0.25) is 9.78 Å². The summed E-state index contributed by atoms with van der Waals surface area (Å²) in [6.45, 7) is 4.68. The number of carbonyl (C=O) groups excluding carboxylic acids is 1. The Morgan fingerprint density at radius 3 is 2.93 bits per heavy atom. The molecule has 0 radical (unpaired) electrons. The summed E-state index contributed by atoms with van der Waals surface area (Å²) in [5, 5.41) is 3.86. The number of rotatable bonds is 4. The minimum absolute atomic E-state index is 0.0774. The molecule has 0 spiro atoms. The number of hydrogen-bond acceptors (Lipinski definition) is 4. The van der Waals surface area contributed by atoms with Gasteiger partial charge in [0.1, 0.15) is 17.5 Å². The molecule has 1 amide bonds. The molecule has 0 unspecified atom stereocenters. The first-order valence-corrected chi connectivity index (χ1v) is 9.85. The predicted molar refractivity (Wildman–Crippen MR) is 112 cm³/mol. The highest BCUT2D eigenvalue weighted by molar-refractivity contribution is 5.90. The van der Waals surface area contributed by atoms with Gasteiger partial charge in [0.2, 0.25) is 5.91 Å². The van der Waals surface area contributed by atoms with Gasteiger partial charge in [-0.05, 0) is 61.4 Å². The monoisotopic (exact) mass is 386 g/mol. The molecular formula is C23H22N4O2. The Hall–Kier alpha value is -3.41. The molecule has 1 fully saturated rings. The van der Waals surface area contributed by atoms with Crippen LogP contribution in [-0.4, -0.2) is 32.9 Å². The lowest BCUT2D eigenvalue weighted by Gasteiger charge is -2.21. The highest BCUT2D eigenvalue weighted by atomic mass is 16.5. The number of pyridine rings is 2. The molecular weight excluding hydrogens is 364 g/mol. The van der Waals surface area contributed by atoms with Crippen LogP contribution in [0.5, 0.6) is 5.75 Å². The molecule has 146 valence electrons. The van der Waals surface area contributed by atoms with E-state index in [1.54, 1.807) is 6.20 Å². The van der Waals surface area contributed by atoms with E-state index in [0.717, 1.165) is 39.1 Å². The summed E-state index contributed by atoms with van der Waals surface area (Å²) in [7, 11) is 0. The van der Waals surface area contributed by atoms with Gasteiger partial charge in [-0.2, -0.15) is 0 Å². The second-order valence-electron chi connectivity index (χ2n) is 7.70. The third-order valence-electron chi connectivity index (χ3n) is 5.57. The highest BCUT2D eigenvalue weighted by Crippen LogP contribution is 2.33. The van der Waals surface area contributed by atoms with E-state index in [1.165, 1.54) is 0 Å². The lowest BCUT2D eigenvalue weighted by atomic mass is 10.0. The normalized spacial score (nSPS) is 17.6. The SMILES string of the molecule is Cc1cn2cc(-c3cc(O[C@H](C)[C@@H]4CNC(=O)C4)c4cccnc4c3)ccc2n1. The largest absolute Gasteiger partial charge is 0.490 e. The van der Waals surface area contributed by atoms with Crippen LogP contribution in [0.25, 0.3) is 27.7 Å². The molecule has 0 bridgehead atoms. The Labute approximate surface area is 168 Å². The van der Waals surface area contributed by atoms with E-state index in [0.29, 0.717) is 13.0 Å². The van der Waals surface area contributed by atoms with Crippen molar-refractivity contribution in [2.24, 2.45) is 5.92 Å². The van der Waals surface area contributed by atoms with Gasteiger partial charge >= 0.3 is 0 Å². The van der Waals surface area contributed by atoms with Crippen molar-refractivity contribution in [3.05, 3.63) is 60.7 Å². The molecule has 1 aliphatic heterocycles. The number of fused-ring (bicyclic) bond motifs is 2. The van der Waals surface area contributed by atoms with E-state index in [4.69, 9.17) is 4.74 Å². The van der Waals surface area contributed by atoms with Gasteiger partial charge in [0.15, 0.2) is 0 Å². The maximum absolute atomic E-state index is 11.6. The summed E-state index contributed by atoms with van der Waals surface area (Å²) in [5.74, 6) is 1.05. The topological polar surface area (TPSA) is 68.5 Å². The molecule has 2 atom stereocenters. The van der Waals surface area contributed by atoms with Crippen LogP contribution in [-0.2, 0) is 4.79 Å². The molecule has 1 aliphatic rings. The summed E-state index contributed by atoms with van der Waals surface area (Å²) >= 11 is 0. The van der Waals surface area contributed by atoms with Gasteiger partial charge in [0, 0.05) is 42.9 Å². The molecule has 0 aliphatic carbocycles. The van der Waals surface area contributed by atoms with Crippen molar-refractivity contribution < 1.29 is 9.53 Å². The van der Waals surface area contributed by atoms with Crippen molar-refractivity contribution in [2.45, 2.75) is 26.4 Å². The van der Waals surface area contributed by atoms with E-state index in [9.17, 15) is 4.79 Å². The number of aryl methyl sites for hydroxylation is 1. The maximum atomic E-state index is 11.6. The van der Waals surface area contributed by atoms with E-state index < -0.39 is 0 Å². The Morgan fingerprint density at radius 2 is 2.10 bits per heavy atom. The van der Waals surface area contributed by atoms with Crippen molar-refractivity contribution in [2.75, 3.05) is 6.54 Å². The molecule has 6 nitrogen and oxygen atoms in total. The van der Waals surface area contributed by atoms with Gasteiger partial charge in [0.05, 0.1) is 11.2 Å². The number of amides is 1. The van der Waals surface area contributed by atoms with Gasteiger partial charge < -0.3 is 14.5 Å². The minimum Gasteiger partial charge on any atom is -0.490 e. The molecule has 4 heterocycles. The number of nitrogens with zero attached hydrogens (tertiary/aromatic N) is 3. The third kappa shape index (κ3) is 3.31. The third-order valence-corrected chi connectivity index (χ3v) is 5.57. The van der Waals surface area contributed by atoms with E-state index >= 15 is 0 Å². The molecule has 6 heteroatoms. The number of nitrogens with one attached hydrogen (secondary N) is 1. The summed E-state index contributed by atoms with van der Waals surface area (Å²) in [4.78, 5) is 20.6. The fraction of sp³-hybridized carbons (Fsp3) is 0.261. The van der Waals surface area contributed by atoms with Gasteiger partial charge in [0.25, 0.3) is 0 Å². The number of imidazole rings is 1. The summed E-state index contributed by atoms with van der Waals surface area (Å²) in [6.07, 6.45) is 6.31. The van der Waals surface area contributed by atoms with Crippen LogP contribution in [0.3, 0.4) is 0 Å². The zero-order valence-electron chi connectivity index (χ0n) is 16.4. The smallest absolute Gasteiger partial charge is 0.220 e. The standard InChI is InChI=1S/C23H22N4O2/c1-14-12-27-13-16(5-6-22(27)26-14)17-8-20-19(4-3-7-24-20)21(9-17)29-15(2)18-10-23(28)25-11-18/h3-9,12-13,15,18H,10-11H2,1-2H3,(H,25,28)/t15-,18+/m1/s1. The lowest BCUT2D eigenvalue weighted by molar-refractivity contribution is -0.119. The Bertz CT molecular complexity index is 1230. The van der Waals surface area contributed by atoms with E-state index in [2.05, 4.69) is 39.7 Å². The fourth-order valence-corrected chi connectivity index (χ4v) is 3.96. The van der Waals surface area contributed by atoms with Crippen LogP contribution in [0.1, 0.15) is 19.0 Å². The van der Waals surface area contributed by atoms with E-state index in [1.807, 2.05) is 42.6 Å². The second-order valence-corrected chi connectivity index (χ2v) is 7.70. The van der Waals surface area contributed by atoms with Gasteiger partial charge in [-0.15, -0.1) is 0 Å². The molecule has 3 aromatic heterocycles. The molecule has 5 rings (SSSR count). The van der Waals surface area contributed by atoms with Crippen LogP contribution in [0, 0.1) is 12.8 Å². The molecule has 1 aromatic carbocycles. The summed E-state index contributed by atoms with van der Waals surface area (Å²) < 4.78 is 8.40. The highest BCUT2D eigenvalue weighted by Gasteiger charge is 2.28. The van der Waals surface area contributed by atoms with Crippen LogP contribution in [0.4, 0.5) is 0 Å². The lowest BCUT2D eigenvalue weighted by Crippen LogP contribution is -2.25. The maximum Gasteiger partial charge on any atom is 0.220 e. The quantitative estimate of drug-likeness (QED) is 0.580. The first kappa shape index (κ1) is 17.7. The summed E-state index contributed by atoms with van der Waals surface area (Å²) in [5.41, 5.74) is 4.90. The average Bonchev–Trinajstić information content (AvgIpc) is 3.31. The van der Waals surface area contributed by atoms with Gasteiger partial charge in [-0.1, -0.05) is 0 Å². The van der Waals surface area contributed by atoms with Crippen LogP contribution >= 0.6 is 0 Å². The average molecular weight is 386 g/mol. The zero-order chi connectivity index (χ0) is 20.0. The van der Waals surface area contributed by atoms with Crippen molar-refractivity contribution in [3.63, 3.8) is 0 Å². The Morgan fingerprint density at radius 1 is 1.21 bits per heavy atom. The summed E-state index contributed by atoms with van der Waals surface area (Å²) in [6, 6.07) is 12.2. The Balaban J connectivity index is 1.56. The number of ether oxygens (including phenoxy) is 1. The number of carbonyl (C=O) groups is 1. The van der Waals surface area contributed by atoms with Crippen molar-refractivity contribution in [1.82, 2.24) is 19.7 Å². The first-order chi connectivity index (χ1) is 14.1. The van der Waals surface area contributed by atoms with Crippen molar-refractivity contribution >= 4 is 22.5 Å². The van der Waals surface area contributed by atoms with Crippen LogP contribution in [0.15, 0.2) is 55.0 Å². The fourth-order valence-electron chi connectivity index (χ4n) is 3.96. The number of aromatic nitrogens is 3. The van der Waals surface area contributed by atoms with Crippen LogP contribution < -0.4 is 10.1 Å². The molecule has 29 heavy (non-hydrogen) atoms. The van der Waals surface area contributed by atoms with E-state index in [-0.39, 0.29) is 17.9 Å². The number of benzene rings is 1. The van der Waals surface area contributed by atoms with Crippen LogP contribution in [0.2, 0.25) is 0 Å². The molecule has 1 N–H and O–H groups in total. The second kappa shape index (κ2) is 6.88. The zero-order valence-corrected chi connectivity index (χ0v) is 16.4. The van der Waals surface area contributed by atoms with Crippen molar-refractivity contribution in [1.29, 1.82) is 0 Å². The molecule has 1 saturated heterocycles.